The van der Waals surface area contributed by atoms with E-state index in [1.807, 2.05) is 128 Å². The van der Waals surface area contributed by atoms with Crippen molar-refractivity contribution in [3.05, 3.63) is 34.9 Å². The second kappa shape index (κ2) is 10.7. The fourth-order valence-corrected chi connectivity index (χ4v) is 18.9. The molecule has 0 N–H and O–H groups in total. The number of hydrogen-bond donors (Lipinski definition) is 0. The molecular weight excluding hydrogens is 765 g/mol. The Kier molecular flexibility index (Phi) is 7.49. The van der Waals surface area contributed by atoms with E-state index < -0.39 is 11.6 Å². The molecule has 6 heterocycles. The van der Waals surface area contributed by atoms with Gasteiger partial charge in [-0.05, 0) is 78.6 Å². The molecule has 4 nitrogen and oxygen atoms in total. The summed E-state index contributed by atoms with van der Waals surface area (Å²) in [6.07, 6.45) is 0. The zero-order chi connectivity index (χ0) is 34.8. The summed E-state index contributed by atoms with van der Waals surface area (Å²) < 4.78 is 26.9. The Labute approximate surface area is 324 Å². The standard InChI is InChI=1S/C37H40O4S8/c1-32(2)38-16-13-17-27(41-33(3,4)39-17)23(26(16)40-32)22(24-28-18(42-34(5,6)46-28)14-19-29(24)47-35(7,8)43-19)25-30-20(44-36(9,10)48-30)15-21-31(25)49-37(11,12)45-21/h13-15,22H,1-12H3. The van der Waals surface area contributed by atoms with Gasteiger partial charge in [-0.15, -0.1) is 94.1 Å². The van der Waals surface area contributed by atoms with Gasteiger partial charge in [-0.1, -0.05) is 0 Å². The van der Waals surface area contributed by atoms with Gasteiger partial charge in [-0.3, -0.25) is 0 Å². The van der Waals surface area contributed by atoms with Crippen molar-refractivity contribution in [2.24, 2.45) is 0 Å². The van der Waals surface area contributed by atoms with Crippen LogP contribution in [0.25, 0.3) is 0 Å². The van der Waals surface area contributed by atoms with Crippen LogP contribution in [0.15, 0.2) is 57.4 Å². The van der Waals surface area contributed by atoms with Crippen molar-refractivity contribution in [3.63, 3.8) is 0 Å². The molecule has 0 fully saturated rings. The van der Waals surface area contributed by atoms with Gasteiger partial charge in [-0.2, -0.15) is 0 Å². The molecule has 0 bridgehead atoms. The van der Waals surface area contributed by atoms with Crippen LogP contribution in [0.4, 0.5) is 0 Å². The minimum atomic E-state index is -0.828. The Hall–Kier alpha value is -0.340. The summed E-state index contributed by atoms with van der Waals surface area (Å²) in [4.78, 5) is 11.0. The van der Waals surface area contributed by atoms with Gasteiger partial charge in [0.1, 0.15) is 0 Å². The van der Waals surface area contributed by atoms with E-state index >= 15 is 0 Å². The highest BCUT2D eigenvalue weighted by Crippen LogP contribution is 2.72. The topological polar surface area (TPSA) is 36.9 Å². The Bertz CT molecular complexity index is 1660. The van der Waals surface area contributed by atoms with Crippen LogP contribution in [0.5, 0.6) is 23.0 Å². The monoisotopic (exact) mass is 804 g/mol. The predicted molar refractivity (Wildman–Crippen MR) is 214 cm³/mol. The number of rotatable bonds is 3. The van der Waals surface area contributed by atoms with Crippen molar-refractivity contribution in [2.75, 3.05) is 0 Å². The van der Waals surface area contributed by atoms with Crippen molar-refractivity contribution in [1.29, 1.82) is 0 Å². The SMILES string of the molecule is CC1(C)Oc2cc3c(c(C(c4c5c(cc6c4SC(C)(C)S6)SC(C)(C)S5)c4c5c(cc6c4SC(C)(C)S6)SC(C)(C)S5)c2O1)OC(C)(C)O3. The van der Waals surface area contributed by atoms with Crippen molar-refractivity contribution in [2.45, 2.75) is 156 Å². The van der Waals surface area contributed by atoms with Gasteiger partial charge in [0.25, 0.3) is 0 Å². The summed E-state index contributed by atoms with van der Waals surface area (Å²) in [6.45, 7) is 26.8. The molecule has 0 radical (unpaired) electrons. The predicted octanol–water partition coefficient (Wildman–Crippen LogP) is 13.6. The number of fused-ring (bicyclic) bond motifs is 6. The zero-order valence-corrected chi connectivity index (χ0v) is 36.2. The molecule has 9 rings (SSSR count). The van der Waals surface area contributed by atoms with Gasteiger partial charge in [0.2, 0.25) is 11.6 Å². The van der Waals surface area contributed by atoms with Crippen LogP contribution >= 0.6 is 94.1 Å². The molecule has 12 heteroatoms. The normalized spacial score (nSPS) is 24.3. The third-order valence-corrected chi connectivity index (χ3v) is 19.9. The molecule has 49 heavy (non-hydrogen) atoms. The molecule has 0 saturated heterocycles. The fourth-order valence-electron chi connectivity index (χ4n) is 7.35. The average molecular weight is 805 g/mol. The molecule has 0 spiro atoms. The highest BCUT2D eigenvalue weighted by atomic mass is 32.2. The summed E-state index contributed by atoms with van der Waals surface area (Å²) in [7, 11) is 0. The Balaban J connectivity index is 1.44. The second-order valence-corrected chi connectivity index (χ2v) is 30.1. The highest BCUT2D eigenvalue weighted by Gasteiger charge is 2.51. The van der Waals surface area contributed by atoms with E-state index in [-0.39, 0.29) is 22.2 Å². The lowest BCUT2D eigenvalue weighted by atomic mass is 9.83. The third-order valence-electron chi connectivity index (χ3n) is 8.68. The number of hydrogen-bond acceptors (Lipinski definition) is 12. The van der Waals surface area contributed by atoms with E-state index in [1.54, 1.807) is 0 Å². The smallest absolute Gasteiger partial charge is 0.246 e. The van der Waals surface area contributed by atoms with Crippen LogP contribution in [0, 0.1) is 0 Å². The first-order valence-corrected chi connectivity index (χ1v) is 23.0. The maximum Gasteiger partial charge on any atom is 0.246 e. The Morgan fingerprint density at radius 1 is 0.388 bits per heavy atom. The van der Waals surface area contributed by atoms with E-state index in [2.05, 4.69) is 67.5 Å². The first kappa shape index (κ1) is 34.4. The molecule has 260 valence electrons. The first-order chi connectivity index (χ1) is 22.6. The molecule has 6 aliphatic rings. The molecule has 3 aromatic rings. The van der Waals surface area contributed by atoms with E-state index in [0.29, 0.717) is 11.5 Å². The molecule has 0 unspecified atom stereocenters. The van der Waals surface area contributed by atoms with Gasteiger partial charge in [0.05, 0.1) is 21.9 Å². The molecule has 0 aromatic heterocycles. The minimum Gasteiger partial charge on any atom is -0.449 e. The molecule has 0 saturated carbocycles. The summed E-state index contributed by atoms with van der Waals surface area (Å²) >= 11 is 16.0. The Morgan fingerprint density at radius 3 is 1.00 bits per heavy atom. The van der Waals surface area contributed by atoms with Crippen LogP contribution in [0.3, 0.4) is 0 Å². The lowest BCUT2D eigenvalue weighted by Gasteiger charge is -2.30. The zero-order valence-electron chi connectivity index (χ0n) is 29.7. The van der Waals surface area contributed by atoms with Gasteiger partial charge < -0.3 is 18.9 Å². The van der Waals surface area contributed by atoms with E-state index in [0.717, 1.165) is 17.1 Å². The summed E-state index contributed by atoms with van der Waals surface area (Å²) in [5.74, 6) is 1.11. The molecule has 0 atom stereocenters. The highest BCUT2D eigenvalue weighted by molar-refractivity contribution is 8.22. The van der Waals surface area contributed by atoms with Gasteiger partial charge in [-0.25, -0.2) is 0 Å². The molecule has 0 amide bonds. The Morgan fingerprint density at radius 2 is 0.694 bits per heavy atom. The van der Waals surface area contributed by atoms with Gasteiger partial charge in [0.15, 0.2) is 23.0 Å². The number of benzene rings is 3. The average Bonchev–Trinajstić information content (AvgIpc) is 3.71. The van der Waals surface area contributed by atoms with Crippen LogP contribution in [0.1, 0.15) is 106 Å². The largest absolute Gasteiger partial charge is 0.449 e. The van der Waals surface area contributed by atoms with Crippen LogP contribution in [-0.4, -0.2) is 27.9 Å². The molecular formula is C37H40O4S8. The van der Waals surface area contributed by atoms with E-state index in [4.69, 9.17) is 18.9 Å². The maximum atomic E-state index is 6.88. The lowest BCUT2D eigenvalue weighted by Crippen LogP contribution is -2.31. The maximum absolute atomic E-state index is 6.88. The van der Waals surface area contributed by atoms with Gasteiger partial charge in [0, 0.05) is 78.8 Å². The molecule has 0 aliphatic carbocycles. The lowest BCUT2D eigenvalue weighted by molar-refractivity contribution is -0.0488. The van der Waals surface area contributed by atoms with Crippen LogP contribution in [0.2, 0.25) is 0 Å². The molecule has 6 aliphatic heterocycles. The van der Waals surface area contributed by atoms with E-state index in [9.17, 15) is 0 Å². The van der Waals surface area contributed by atoms with Crippen molar-refractivity contribution < 1.29 is 18.9 Å². The minimum absolute atomic E-state index is 0.00509. The van der Waals surface area contributed by atoms with Crippen molar-refractivity contribution in [1.82, 2.24) is 0 Å². The number of thioether (sulfide) groups is 8. The first-order valence-electron chi connectivity index (χ1n) is 16.5. The van der Waals surface area contributed by atoms with Crippen molar-refractivity contribution >= 4 is 94.1 Å². The van der Waals surface area contributed by atoms with E-state index in [1.165, 1.54) is 50.3 Å². The third kappa shape index (κ3) is 5.73. The number of ether oxygens (including phenoxy) is 4. The second-order valence-electron chi connectivity index (χ2n) is 15.9. The van der Waals surface area contributed by atoms with Crippen molar-refractivity contribution in [3.8, 4) is 23.0 Å². The van der Waals surface area contributed by atoms with Crippen LogP contribution in [-0.2, 0) is 0 Å². The summed E-state index contributed by atoms with van der Waals surface area (Å²) in [5.41, 5.74) is 3.76. The summed E-state index contributed by atoms with van der Waals surface area (Å²) in [5, 5.41) is 0. The van der Waals surface area contributed by atoms with Gasteiger partial charge >= 0.3 is 0 Å². The summed E-state index contributed by atoms with van der Waals surface area (Å²) in [6, 6.07) is 6.92. The molecule has 3 aromatic carbocycles. The van der Waals surface area contributed by atoms with Crippen LogP contribution < -0.4 is 18.9 Å². The fraction of sp³-hybridized carbons (Fsp3) is 0.514. The quantitative estimate of drug-likeness (QED) is 0.237.